The van der Waals surface area contributed by atoms with Gasteiger partial charge in [0.15, 0.2) is 0 Å². The highest BCUT2D eigenvalue weighted by Gasteiger charge is 2.40. The van der Waals surface area contributed by atoms with Crippen molar-refractivity contribution in [3.63, 3.8) is 0 Å². The molecular weight excluding hydrogens is 294 g/mol. The van der Waals surface area contributed by atoms with E-state index < -0.39 is 12.0 Å². The Hall–Kier alpha value is -2.14. The van der Waals surface area contributed by atoms with Crippen LogP contribution in [0.4, 0.5) is 4.79 Å². The summed E-state index contributed by atoms with van der Waals surface area (Å²) in [6.07, 6.45) is 3.79. The fourth-order valence-electron chi connectivity index (χ4n) is 2.77. The number of carbonyl (C=O) groups excluding carboxylic acids is 2. The van der Waals surface area contributed by atoms with Crippen molar-refractivity contribution < 1.29 is 19.4 Å². The van der Waals surface area contributed by atoms with E-state index in [1.54, 1.807) is 6.08 Å². The monoisotopic (exact) mass is 317 g/mol. The molecule has 0 aliphatic carbocycles. The average Bonchev–Trinajstić information content (AvgIpc) is 2.92. The maximum Gasteiger partial charge on any atom is 0.416 e. The molecule has 2 atom stereocenters. The van der Waals surface area contributed by atoms with E-state index in [1.807, 2.05) is 30.3 Å². The summed E-state index contributed by atoms with van der Waals surface area (Å²) in [5, 5.41) is 9.49. The molecule has 5 heteroatoms. The molecule has 1 aromatic carbocycles. The van der Waals surface area contributed by atoms with Crippen LogP contribution in [0.25, 0.3) is 0 Å². The first kappa shape index (κ1) is 17.2. The van der Waals surface area contributed by atoms with Gasteiger partial charge in [-0.2, -0.15) is 0 Å². The van der Waals surface area contributed by atoms with Crippen molar-refractivity contribution in [2.45, 2.75) is 31.7 Å². The van der Waals surface area contributed by atoms with E-state index >= 15 is 0 Å². The lowest BCUT2D eigenvalue weighted by Crippen LogP contribution is -2.44. The van der Waals surface area contributed by atoms with Gasteiger partial charge >= 0.3 is 6.09 Å². The molecule has 1 N–H and O–H groups in total. The topological polar surface area (TPSA) is 66.8 Å². The summed E-state index contributed by atoms with van der Waals surface area (Å²) in [4.78, 5) is 25.8. The lowest BCUT2D eigenvalue weighted by molar-refractivity contribution is -0.135. The molecule has 1 aromatic rings. The van der Waals surface area contributed by atoms with Crippen molar-refractivity contribution in [3.8, 4) is 0 Å². The second-order valence-corrected chi connectivity index (χ2v) is 5.73. The van der Waals surface area contributed by atoms with Crippen LogP contribution in [-0.2, 0) is 16.0 Å². The molecule has 1 heterocycles. The molecule has 1 aliphatic rings. The van der Waals surface area contributed by atoms with Crippen LogP contribution in [0.15, 0.2) is 43.0 Å². The van der Waals surface area contributed by atoms with Gasteiger partial charge in [0.25, 0.3) is 0 Å². The molecule has 1 unspecified atom stereocenters. The van der Waals surface area contributed by atoms with E-state index in [0.717, 1.165) is 18.4 Å². The Bertz CT molecular complexity index is 543. The Kier molecular flexibility index (Phi) is 6.35. The summed E-state index contributed by atoms with van der Waals surface area (Å²) in [7, 11) is 0. The first-order chi connectivity index (χ1) is 11.2. The normalized spacial score (nSPS) is 18.6. The van der Waals surface area contributed by atoms with Crippen molar-refractivity contribution in [2.75, 3.05) is 13.2 Å². The number of ether oxygens (including phenoxy) is 1. The number of cyclic esters (lactones) is 1. The molecule has 0 radical (unpaired) electrons. The zero-order chi connectivity index (χ0) is 16.7. The minimum absolute atomic E-state index is 0.199. The van der Waals surface area contributed by atoms with Gasteiger partial charge in [0.2, 0.25) is 5.91 Å². The van der Waals surface area contributed by atoms with Gasteiger partial charge in [-0.25, -0.2) is 9.69 Å². The minimum atomic E-state index is -0.613. The Morgan fingerprint density at radius 2 is 2.17 bits per heavy atom. The zero-order valence-corrected chi connectivity index (χ0v) is 13.2. The average molecular weight is 317 g/mol. The van der Waals surface area contributed by atoms with Gasteiger partial charge in [-0.05, 0) is 31.2 Å². The third-order valence-corrected chi connectivity index (χ3v) is 4.04. The van der Waals surface area contributed by atoms with Crippen LogP contribution >= 0.6 is 0 Å². The zero-order valence-electron chi connectivity index (χ0n) is 13.2. The number of benzene rings is 1. The summed E-state index contributed by atoms with van der Waals surface area (Å²) in [5.74, 6) is -0.918. The molecule has 1 saturated heterocycles. The molecule has 2 rings (SSSR count). The first-order valence-corrected chi connectivity index (χ1v) is 7.93. The lowest BCUT2D eigenvalue weighted by atomic mass is 9.99. The molecule has 124 valence electrons. The van der Waals surface area contributed by atoms with E-state index in [9.17, 15) is 14.7 Å². The molecule has 5 nitrogen and oxygen atoms in total. The third kappa shape index (κ3) is 4.42. The predicted octanol–water partition coefficient (Wildman–Crippen LogP) is 2.54. The first-order valence-electron chi connectivity index (χ1n) is 7.93. The van der Waals surface area contributed by atoms with Crippen molar-refractivity contribution >= 4 is 12.0 Å². The summed E-state index contributed by atoms with van der Waals surface area (Å²) in [6.45, 7) is 3.58. The van der Waals surface area contributed by atoms with Crippen LogP contribution in [0.3, 0.4) is 0 Å². The van der Waals surface area contributed by atoms with Gasteiger partial charge in [0.1, 0.15) is 6.61 Å². The molecule has 0 bridgehead atoms. The standard InChI is InChI=1S/C18H23NO4/c1-2-3-5-10-15(12-20)17(21)19-16(13-23-18(19)22)11-14-8-6-4-7-9-14/h2,4,6-9,15-16,20H,1,3,5,10-13H2/t15?,16-/m0/s1. The highest BCUT2D eigenvalue weighted by atomic mass is 16.6. The second-order valence-electron chi connectivity index (χ2n) is 5.73. The highest BCUT2D eigenvalue weighted by molar-refractivity contribution is 5.94. The number of imide groups is 1. The molecule has 2 amide bonds. The van der Waals surface area contributed by atoms with Gasteiger partial charge in [-0.3, -0.25) is 4.79 Å². The maximum absolute atomic E-state index is 12.6. The highest BCUT2D eigenvalue weighted by Crippen LogP contribution is 2.22. The second kappa shape index (κ2) is 8.48. The van der Waals surface area contributed by atoms with Crippen molar-refractivity contribution in [3.05, 3.63) is 48.6 Å². The minimum Gasteiger partial charge on any atom is -0.447 e. The van der Waals surface area contributed by atoms with E-state index in [1.165, 1.54) is 4.90 Å². The van der Waals surface area contributed by atoms with Gasteiger partial charge in [0.05, 0.1) is 18.6 Å². The summed E-state index contributed by atoms with van der Waals surface area (Å²) in [6, 6.07) is 9.36. The third-order valence-electron chi connectivity index (χ3n) is 4.04. The number of hydrogen-bond donors (Lipinski definition) is 1. The van der Waals surface area contributed by atoms with Gasteiger partial charge in [-0.15, -0.1) is 6.58 Å². The molecule has 0 spiro atoms. The largest absolute Gasteiger partial charge is 0.447 e. The van der Waals surface area contributed by atoms with Crippen LogP contribution in [-0.4, -0.2) is 41.3 Å². The molecular formula is C18H23NO4. The summed E-state index contributed by atoms with van der Waals surface area (Å²) < 4.78 is 5.06. The van der Waals surface area contributed by atoms with Gasteiger partial charge in [0, 0.05) is 0 Å². The fraction of sp³-hybridized carbons (Fsp3) is 0.444. The number of nitrogens with zero attached hydrogens (tertiary/aromatic N) is 1. The fourth-order valence-corrected chi connectivity index (χ4v) is 2.77. The van der Waals surface area contributed by atoms with E-state index in [0.29, 0.717) is 12.8 Å². The van der Waals surface area contributed by atoms with E-state index in [2.05, 4.69) is 6.58 Å². The van der Waals surface area contributed by atoms with Crippen molar-refractivity contribution in [1.29, 1.82) is 0 Å². The number of amides is 2. The molecule has 1 fully saturated rings. The van der Waals surface area contributed by atoms with Crippen molar-refractivity contribution in [2.24, 2.45) is 5.92 Å². The number of allylic oxidation sites excluding steroid dienone is 1. The number of unbranched alkanes of at least 4 members (excludes halogenated alkanes) is 1. The predicted molar refractivity (Wildman–Crippen MR) is 86.8 cm³/mol. The van der Waals surface area contributed by atoms with Crippen LogP contribution in [0.5, 0.6) is 0 Å². The summed E-state index contributed by atoms with van der Waals surface area (Å²) >= 11 is 0. The number of aliphatic hydroxyl groups is 1. The molecule has 0 aromatic heterocycles. The van der Waals surface area contributed by atoms with Gasteiger partial charge < -0.3 is 9.84 Å². The molecule has 0 saturated carbocycles. The van der Waals surface area contributed by atoms with E-state index in [4.69, 9.17) is 4.74 Å². The van der Waals surface area contributed by atoms with E-state index in [-0.39, 0.29) is 25.2 Å². The Labute approximate surface area is 136 Å². The Morgan fingerprint density at radius 1 is 1.43 bits per heavy atom. The van der Waals surface area contributed by atoms with Gasteiger partial charge in [-0.1, -0.05) is 36.4 Å². The maximum atomic E-state index is 12.6. The number of carbonyl (C=O) groups is 2. The molecule has 1 aliphatic heterocycles. The molecule has 23 heavy (non-hydrogen) atoms. The number of rotatable bonds is 8. The van der Waals surface area contributed by atoms with Crippen LogP contribution in [0.2, 0.25) is 0 Å². The number of hydrogen-bond acceptors (Lipinski definition) is 4. The van der Waals surface area contributed by atoms with Crippen molar-refractivity contribution in [1.82, 2.24) is 4.90 Å². The smallest absolute Gasteiger partial charge is 0.416 e. The SMILES string of the molecule is C=CCCCC(CO)C(=O)N1C(=O)OC[C@@H]1Cc1ccccc1. The van der Waals surface area contributed by atoms with Crippen LogP contribution in [0, 0.1) is 5.92 Å². The Morgan fingerprint density at radius 3 is 2.83 bits per heavy atom. The van der Waals surface area contributed by atoms with Crippen LogP contribution < -0.4 is 0 Å². The van der Waals surface area contributed by atoms with Crippen LogP contribution in [0.1, 0.15) is 24.8 Å². The summed E-state index contributed by atoms with van der Waals surface area (Å²) in [5.41, 5.74) is 1.04. The quantitative estimate of drug-likeness (QED) is 0.591. The lowest BCUT2D eigenvalue weighted by Gasteiger charge is -2.24. The Balaban J connectivity index is 2.05. The number of aliphatic hydroxyl groups excluding tert-OH is 1.